The van der Waals surface area contributed by atoms with Gasteiger partial charge in [0, 0.05) is 12.2 Å². The Bertz CT molecular complexity index is 550. The molecule has 1 aliphatic heterocycles. The monoisotopic (exact) mass is 299 g/mol. The Morgan fingerprint density at radius 3 is 2.90 bits per heavy atom. The zero-order chi connectivity index (χ0) is 14.9. The Balaban J connectivity index is 2.11. The van der Waals surface area contributed by atoms with Crippen LogP contribution in [0.1, 0.15) is 13.3 Å². The molecule has 1 unspecified atom stereocenters. The quantitative estimate of drug-likeness (QED) is 0.876. The third kappa shape index (κ3) is 2.91. The van der Waals surface area contributed by atoms with Crippen molar-refractivity contribution in [1.82, 2.24) is 5.32 Å². The van der Waals surface area contributed by atoms with Crippen molar-refractivity contribution in [2.45, 2.75) is 25.4 Å². The molecule has 2 rings (SSSR count). The largest absolute Gasteiger partial charge is 0.343 e. The average molecular weight is 300 g/mol. The van der Waals surface area contributed by atoms with Crippen LogP contribution in [-0.4, -0.2) is 30.4 Å². The van der Waals surface area contributed by atoms with Gasteiger partial charge in [-0.3, -0.25) is 9.59 Å². The molecule has 1 aliphatic rings. The number of carbonyl (C=O) groups is 2. The molecule has 2 amide bonds. The molecule has 1 fully saturated rings. The summed E-state index contributed by atoms with van der Waals surface area (Å²) in [6, 6.07) is 2.87. The van der Waals surface area contributed by atoms with Crippen LogP contribution >= 0.6 is 11.6 Å². The van der Waals surface area contributed by atoms with E-state index in [0.717, 1.165) is 0 Å². The highest BCUT2D eigenvalue weighted by atomic mass is 35.5. The summed E-state index contributed by atoms with van der Waals surface area (Å²) in [7, 11) is 0. The smallest absolute Gasteiger partial charge is 0.249 e. The van der Waals surface area contributed by atoms with Crippen LogP contribution in [0.4, 0.5) is 10.1 Å². The highest BCUT2D eigenvalue weighted by Crippen LogP contribution is 2.25. The second-order valence-corrected chi connectivity index (χ2v) is 5.13. The minimum absolute atomic E-state index is 0.00204. The summed E-state index contributed by atoms with van der Waals surface area (Å²) < 4.78 is 13.4. The Hall–Kier alpha value is -1.66. The molecular weight excluding hydrogens is 285 g/mol. The number of benzene rings is 1. The normalized spacial score (nSPS) is 20.1. The van der Waals surface area contributed by atoms with Crippen LogP contribution in [-0.2, 0) is 9.59 Å². The van der Waals surface area contributed by atoms with Gasteiger partial charge in [-0.25, -0.2) is 4.39 Å². The van der Waals surface area contributed by atoms with Crippen LogP contribution < -0.4 is 16.0 Å². The lowest BCUT2D eigenvalue weighted by atomic mass is 10.2. The fourth-order valence-electron chi connectivity index (χ4n) is 2.03. The first kappa shape index (κ1) is 14.7. The van der Waals surface area contributed by atoms with Crippen molar-refractivity contribution in [2.24, 2.45) is 5.73 Å². The summed E-state index contributed by atoms with van der Waals surface area (Å²) in [6.07, 6.45) is 0.460. The number of hydrogen-bond acceptors (Lipinski definition) is 3. The van der Waals surface area contributed by atoms with Gasteiger partial charge in [-0.2, -0.15) is 0 Å². The average Bonchev–Trinajstić information content (AvgIpc) is 2.74. The third-order valence-electron chi connectivity index (χ3n) is 3.15. The topological polar surface area (TPSA) is 75.4 Å². The molecule has 1 saturated heterocycles. The second kappa shape index (κ2) is 5.76. The maximum Gasteiger partial charge on any atom is 0.249 e. The highest BCUT2D eigenvalue weighted by molar-refractivity contribution is 6.30. The molecule has 0 radical (unpaired) electrons. The molecule has 20 heavy (non-hydrogen) atoms. The van der Waals surface area contributed by atoms with E-state index in [-0.39, 0.29) is 16.8 Å². The Morgan fingerprint density at radius 2 is 2.30 bits per heavy atom. The van der Waals surface area contributed by atoms with E-state index in [0.29, 0.717) is 18.7 Å². The molecule has 0 bridgehead atoms. The zero-order valence-corrected chi connectivity index (χ0v) is 11.7. The lowest BCUT2D eigenvalue weighted by Crippen LogP contribution is -2.47. The van der Waals surface area contributed by atoms with Gasteiger partial charge < -0.3 is 16.0 Å². The van der Waals surface area contributed by atoms with Gasteiger partial charge in [-0.1, -0.05) is 11.6 Å². The van der Waals surface area contributed by atoms with Gasteiger partial charge in [-0.15, -0.1) is 0 Å². The number of nitrogens with zero attached hydrogens (tertiary/aromatic N) is 1. The summed E-state index contributed by atoms with van der Waals surface area (Å²) in [5.41, 5.74) is 5.87. The van der Waals surface area contributed by atoms with Gasteiger partial charge in [0.2, 0.25) is 11.8 Å². The summed E-state index contributed by atoms with van der Waals surface area (Å²) in [5, 5.41) is 2.58. The number of carbonyl (C=O) groups excluding carboxylic acids is 2. The van der Waals surface area contributed by atoms with Gasteiger partial charge in [-0.05, 0) is 31.5 Å². The minimum atomic E-state index is -0.676. The van der Waals surface area contributed by atoms with E-state index in [2.05, 4.69) is 5.32 Å². The van der Waals surface area contributed by atoms with Gasteiger partial charge >= 0.3 is 0 Å². The number of rotatable bonds is 3. The number of nitrogens with two attached hydrogens (primary N) is 1. The molecule has 0 spiro atoms. The van der Waals surface area contributed by atoms with Crippen molar-refractivity contribution < 1.29 is 14.0 Å². The van der Waals surface area contributed by atoms with Crippen LogP contribution in [0.2, 0.25) is 5.02 Å². The lowest BCUT2D eigenvalue weighted by molar-refractivity contribution is -0.127. The lowest BCUT2D eigenvalue weighted by Gasteiger charge is -2.18. The highest BCUT2D eigenvalue weighted by Gasteiger charge is 2.34. The molecular formula is C13H15ClFN3O2. The first-order valence-corrected chi connectivity index (χ1v) is 6.60. The number of anilines is 1. The molecule has 1 aromatic carbocycles. The Morgan fingerprint density at radius 1 is 1.60 bits per heavy atom. The molecule has 0 saturated carbocycles. The fraction of sp³-hybridized carbons (Fsp3) is 0.385. The van der Waals surface area contributed by atoms with Crippen LogP contribution in [0.15, 0.2) is 18.2 Å². The van der Waals surface area contributed by atoms with Crippen molar-refractivity contribution >= 4 is 29.1 Å². The Labute approximate surface area is 120 Å². The van der Waals surface area contributed by atoms with Gasteiger partial charge in [0.05, 0.1) is 11.1 Å². The zero-order valence-electron chi connectivity index (χ0n) is 10.9. The number of hydrogen-bond donors (Lipinski definition) is 2. The van der Waals surface area contributed by atoms with E-state index >= 15 is 0 Å². The van der Waals surface area contributed by atoms with Crippen molar-refractivity contribution in [2.75, 3.05) is 11.4 Å². The molecule has 1 aromatic rings. The minimum Gasteiger partial charge on any atom is -0.343 e. The van der Waals surface area contributed by atoms with E-state index in [1.807, 2.05) is 0 Å². The first-order chi connectivity index (χ1) is 9.40. The molecule has 0 aliphatic carbocycles. The van der Waals surface area contributed by atoms with Gasteiger partial charge in [0.25, 0.3) is 0 Å². The summed E-state index contributed by atoms with van der Waals surface area (Å²) in [5.74, 6) is -1.24. The molecule has 108 valence electrons. The predicted molar refractivity (Wildman–Crippen MR) is 74.0 cm³/mol. The van der Waals surface area contributed by atoms with Crippen molar-refractivity contribution in [3.05, 3.63) is 29.0 Å². The van der Waals surface area contributed by atoms with Crippen LogP contribution in [0, 0.1) is 5.82 Å². The van der Waals surface area contributed by atoms with Gasteiger partial charge in [0.15, 0.2) is 0 Å². The standard InChI is InChI=1S/C13H15ClFN3O2/c1-7(16)12(19)17-11-4-5-18(13(11)20)8-2-3-9(14)10(15)6-8/h2-3,6-7,11H,4-5,16H2,1H3,(H,17,19)/t7-,11?/m1/s1. The SMILES string of the molecule is C[C@@H](N)C(=O)NC1CCN(c2ccc(Cl)c(F)c2)C1=O. The van der Waals surface area contributed by atoms with E-state index in [4.69, 9.17) is 17.3 Å². The molecule has 3 N–H and O–H groups in total. The summed E-state index contributed by atoms with van der Waals surface area (Å²) >= 11 is 5.61. The molecule has 2 atom stereocenters. The van der Waals surface area contributed by atoms with E-state index in [1.165, 1.54) is 17.0 Å². The fourth-order valence-corrected chi connectivity index (χ4v) is 2.14. The number of amides is 2. The van der Waals surface area contributed by atoms with E-state index in [1.54, 1.807) is 13.0 Å². The molecule has 5 nitrogen and oxygen atoms in total. The first-order valence-electron chi connectivity index (χ1n) is 6.22. The summed E-state index contributed by atoms with van der Waals surface area (Å²) in [6.45, 7) is 1.95. The molecule has 7 heteroatoms. The van der Waals surface area contributed by atoms with Crippen molar-refractivity contribution in [3.8, 4) is 0 Å². The van der Waals surface area contributed by atoms with E-state index in [9.17, 15) is 14.0 Å². The second-order valence-electron chi connectivity index (χ2n) is 4.73. The molecule has 0 aromatic heterocycles. The number of nitrogens with one attached hydrogen (secondary N) is 1. The van der Waals surface area contributed by atoms with Crippen molar-refractivity contribution in [1.29, 1.82) is 0 Å². The summed E-state index contributed by atoms with van der Waals surface area (Å²) in [4.78, 5) is 25.1. The maximum absolute atomic E-state index is 13.4. The van der Waals surface area contributed by atoms with Gasteiger partial charge in [0.1, 0.15) is 11.9 Å². The van der Waals surface area contributed by atoms with Crippen LogP contribution in [0.25, 0.3) is 0 Å². The predicted octanol–water partition coefficient (Wildman–Crippen LogP) is 1.05. The third-order valence-corrected chi connectivity index (χ3v) is 3.46. The van der Waals surface area contributed by atoms with Crippen molar-refractivity contribution in [3.63, 3.8) is 0 Å². The van der Waals surface area contributed by atoms with Crippen LogP contribution in [0.3, 0.4) is 0 Å². The molecule has 1 heterocycles. The van der Waals surface area contributed by atoms with E-state index < -0.39 is 17.9 Å². The number of halogens is 2. The maximum atomic E-state index is 13.4. The van der Waals surface area contributed by atoms with Crippen LogP contribution in [0.5, 0.6) is 0 Å². The Kier molecular flexibility index (Phi) is 4.25.